The Labute approximate surface area is 189 Å². The lowest BCUT2D eigenvalue weighted by atomic mass is 10.1. The lowest BCUT2D eigenvalue weighted by Gasteiger charge is -2.42. The van der Waals surface area contributed by atoms with E-state index in [0.717, 1.165) is 0 Å². The standard InChI is InChI=1S/C22H23F3N2O5S/c1-14-4-9-20(10-17(14)11-21(28)29)33(30,31)27-15(2)12-26(13-16(27)3)18-5-7-19(8-6-18)32-22(23,24)25/h4-10,16H,2,11-13H2,1,3H3,(H,28,29)/t16-/m0/s1. The number of aryl methyl sites for hydroxylation is 1. The van der Waals surface area contributed by atoms with Gasteiger partial charge in [0.1, 0.15) is 5.75 Å². The van der Waals surface area contributed by atoms with E-state index in [1.165, 1.54) is 40.7 Å². The molecule has 3 rings (SSSR count). The number of sulfonamides is 1. The molecule has 1 N–H and O–H groups in total. The molecule has 1 fully saturated rings. The van der Waals surface area contributed by atoms with Crippen LogP contribution in [0.15, 0.2) is 59.6 Å². The summed E-state index contributed by atoms with van der Waals surface area (Å²) in [5, 5.41) is 9.08. The minimum atomic E-state index is -4.79. The largest absolute Gasteiger partial charge is 0.573 e. The van der Waals surface area contributed by atoms with Gasteiger partial charge in [-0.05, 0) is 61.4 Å². The van der Waals surface area contributed by atoms with Crippen molar-refractivity contribution < 1.29 is 36.2 Å². The number of carboxylic acid groups (broad SMARTS) is 1. The zero-order chi connectivity index (χ0) is 24.6. The van der Waals surface area contributed by atoms with E-state index < -0.39 is 28.4 Å². The smallest absolute Gasteiger partial charge is 0.481 e. The Morgan fingerprint density at radius 3 is 2.39 bits per heavy atom. The van der Waals surface area contributed by atoms with Gasteiger partial charge in [0.05, 0.1) is 23.9 Å². The molecule has 1 saturated heterocycles. The summed E-state index contributed by atoms with van der Waals surface area (Å²) in [6.07, 6.45) is -5.09. The highest BCUT2D eigenvalue weighted by Gasteiger charge is 2.36. The number of hydrogen-bond donors (Lipinski definition) is 1. The Balaban J connectivity index is 1.81. The van der Waals surface area contributed by atoms with Crippen LogP contribution >= 0.6 is 0 Å². The van der Waals surface area contributed by atoms with Gasteiger partial charge in [-0.2, -0.15) is 0 Å². The van der Waals surface area contributed by atoms with E-state index in [1.54, 1.807) is 24.8 Å². The zero-order valence-electron chi connectivity index (χ0n) is 18.0. The second-order valence-electron chi connectivity index (χ2n) is 7.80. The molecule has 0 radical (unpaired) electrons. The van der Waals surface area contributed by atoms with Crippen LogP contribution in [-0.2, 0) is 21.2 Å². The Hall–Kier alpha value is -3.21. The maximum atomic E-state index is 13.4. The first kappa shape index (κ1) is 24.4. The fourth-order valence-electron chi connectivity index (χ4n) is 3.80. The lowest BCUT2D eigenvalue weighted by Crippen LogP contribution is -2.52. The molecule has 0 unspecified atom stereocenters. The number of piperazine rings is 1. The van der Waals surface area contributed by atoms with Crippen molar-refractivity contribution in [3.8, 4) is 5.75 Å². The van der Waals surface area contributed by atoms with Crippen molar-refractivity contribution >= 4 is 21.7 Å². The molecule has 7 nitrogen and oxygen atoms in total. The number of halogens is 3. The van der Waals surface area contributed by atoms with Crippen molar-refractivity contribution in [2.75, 3.05) is 18.0 Å². The average molecular weight is 484 g/mol. The Morgan fingerprint density at radius 1 is 1.21 bits per heavy atom. The molecular formula is C22H23F3N2O5S. The number of carboxylic acids is 1. The van der Waals surface area contributed by atoms with Gasteiger partial charge in [-0.3, -0.25) is 9.10 Å². The topological polar surface area (TPSA) is 87.2 Å². The fraction of sp³-hybridized carbons (Fsp3) is 0.318. The number of nitrogens with zero attached hydrogens (tertiary/aromatic N) is 2. The van der Waals surface area contributed by atoms with Crippen LogP contribution in [0.1, 0.15) is 18.1 Å². The van der Waals surface area contributed by atoms with E-state index in [1.807, 2.05) is 0 Å². The first-order valence-electron chi connectivity index (χ1n) is 9.92. The third kappa shape index (κ3) is 5.59. The van der Waals surface area contributed by atoms with Gasteiger partial charge in [-0.15, -0.1) is 13.2 Å². The second-order valence-corrected chi connectivity index (χ2v) is 9.61. The Kier molecular flexibility index (Phi) is 6.64. The number of alkyl halides is 3. The zero-order valence-corrected chi connectivity index (χ0v) is 18.8. The van der Waals surface area contributed by atoms with Crippen molar-refractivity contribution in [3.05, 3.63) is 65.9 Å². The van der Waals surface area contributed by atoms with Crippen molar-refractivity contribution in [1.29, 1.82) is 0 Å². The molecular weight excluding hydrogens is 461 g/mol. The van der Waals surface area contributed by atoms with Crippen LogP contribution in [0, 0.1) is 6.92 Å². The summed E-state index contributed by atoms with van der Waals surface area (Å²) in [5.41, 5.74) is 1.95. The first-order valence-corrected chi connectivity index (χ1v) is 11.4. The molecule has 1 aliphatic rings. The van der Waals surface area contributed by atoms with Crippen LogP contribution in [0.4, 0.5) is 18.9 Å². The SMILES string of the molecule is C=C1CN(c2ccc(OC(F)(F)F)cc2)C[C@H](C)N1S(=O)(=O)c1ccc(C)c(CC(=O)O)c1. The quantitative estimate of drug-likeness (QED) is 0.669. The highest BCUT2D eigenvalue weighted by Crippen LogP contribution is 2.32. The van der Waals surface area contributed by atoms with Crippen molar-refractivity contribution in [2.24, 2.45) is 0 Å². The first-order chi connectivity index (χ1) is 15.3. The molecule has 0 saturated carbocycles. The van der Waals surface area contributed by atoms with Crippen molar-refractivity contribution in [1.82, 2.24) is 4.31 Å². The minimum Gasteiger partial charge on any atom is -0.481 e. The summed E-state index contributed by atoms with van der Waals surface area (Å²) in [7, 11) is -4.00. The molecule has 1 heterocycles. The predicted octanol–water partition coefficient (Wildman–Crippen LogP) is 3.93. The van der Waals surface area contributed by atoms with Gasteiger partial charge in [0, 0.05) is 17.9 Å². The summed E-state index contributed by atoms with van der Waals surface area (Å²) < 4.78 is 68.9. The monoisotopic (exact) mass is 484 g/mol. The van der Waals surface area contributed by atoms with Crippen LogP contribution in [0.5, 0.6) is 5.75 Å². The van der Waals surface area contributed by atoms with Gasteiger partial charge in [0.2, 0.25) is 0 Å². The van der Waals surface area contributed by atoms with E-state index in [2.05, 4.69) is 11.3 Å². The van der Waals surface area contributed by atoms with Gasteiger partial charge in [-0.25, -0.2) is 8.42 Å². The molecule has 2 aromatic carbocycles. The maximum Gasteiger partial charge on any atom is 0.573 e. The predicted molar refractivity (Wildman–Crippen MR) is 115 cm³/mol. The number of benzene rings is 2. The summed E-state index contributed by atoms with van der Waals surface area (Å²) >= 11 is 0. The molecule has 178 valence electrons. The molecule has 33 heavy (non-hydrogen) atoms. The summed E-state index contributed by atoms with van der Waals surface area (Å²) in [4.78, 5) is 12.9. The van der Waals surface area contributed by atoms with E-state index in [-0.39, 0.29) is 35.9 Å². The average Bonchev–Trinajstić information content (AvgIpc) is 2.67. The Bertz CT molecular complexity index is 1160. The third-order valence-electron chi connectivity index (χ3n) is 5.22. The number of anilines is 1. The van der Waals surface area contributed by atoms with E-state index in [9.17, 15) is 26.4 Å². The van der Waals surface area contributed by atoms with Gasteiger partial charge in [0.25, 0.3) is 10.0 Å². The highest BCUT2D eigenvalue weighted by molar-refractivity contribution is 7.89. The lowest BCUT2D eigenvalue weighted by molar-refractivity contribution is -0.274. The summed E-state index contributed by atoms with van der Waals surface area (Å²) in [6.45, 7) is 7.72. The number of hydrogen-bond acceptors (Lipinski definition) is 5. The molecule has 11 heteroatoms. The van der Waals surface area contributed by atoms with Crippen molar-refractivity contribution in [3.63, 3.8) is 0 Å². The number of carbonyl (C=O) groups is 1. The van der Waals surface area contributed by atoms with E-state index in [0.29, 0.717) is 16.8 Å². The molecule has 0 bridgehead atoms. The normalized spacial score (nSPS) is 17.2. The molecule has 0 aromatic heterocycles. The fourth-order valence-corrected chi connectivity index (χ4v) is 5.49. The van der Waals surface area contributed by atoms with Gasteiger partial charge < -0.3 is 14.7 Å². The molecule has 2 aromatic rings. The van der Waals surface area contributed by atoms with Crippen LogP contribution < -0.4 is 9.64 Å². The molecule has 0 aliphatic carbocycles. The molecule has 0 spiro atoms. The number of aliphatic carboxylic acids is 1. The van der Waals surface area contributed by atoms with Gasteiger partial charge in [-0.1, -0.05) is 12.6 Å². The van der Waals surface area contributed by atoms with Crippen LogP contribution in [0.25, 0.3) is 0 Å². The van der Waals surface area contributed by atoms with Gasteiger partial charge >= 0.3 is 12.3 Å². The molecule has 1 atom stereocenters. The van der Waals surface area contributed by atoms with E-state index >= 15 is 0 Å². The van der Waals surface area contributed by atoms with Crippen molar-refractivity contribution in [2.45, 2.75) is 37.6 Å². The number of ether oxygens (including phenoxy) is 1. The summed E-state index contributed by atoms with van der Waals surface area (Å²) in [6, 6.07) is 9.13. The van der Waals surface area contributed by atoms with E-state index in [4.69, 9.17) is 5.11 Å². The highest BCUT2D eigenvalue weighted by atomic mass is 32.2. The maximum absolute atomic E-state index is 13.4. The third-order valence-corrected chi connectivity index (χ3v) is 7.21. The van der Waals surface area contributed by atoms with Crippen LogP contribution in [-0.4, -0.2) is 49.3 Å². The molecule has 0 amide bonds. The summed E-state index contributed by atoms with van der Waals surface area (Å²) in [5.74, 6) is -1.42. The van der Waals surface area contributed by atoms with Crippen LogP contribution in [0.2, 0.25) is 0 Å². The molecule has 1 aliphatic heterocycles. The Morgan fingerprint density at radius 2 is 1.85 bits per heavy atom. The minimum absolute atomic E-state index is 0.0283. The second kappa shape index (κ2) is 8.97. The van der Waals surface area contributed by atoms with Gasteiger partial charge in [0.15, 0.2) is 0 Å². The van der Waals surface area contributed by atoms with Crippen LogP contribution in [0.3, 0.4) is 0 Å². The number of rotatable bonds is 6.